The summed E-state index contributed by atoms with van der Waals surface area (Å²) in [5, 5.41) is 9.88. The third-order valence-corrected chi connectivity index (χ3v) is 5.64. The number of rotatable bonds is 9. The summed E-state index contributed by atoms with van der Waals surface area (Å²) in [6.45, 7) is 3.44. The normalized spacial score (nSPS) is 12.2. The lowest BCUT2D eigenvalue weighted by atomic mass is 10.1. The molecule has 0 fully saturated rings. The van der Waals surface area contributed by atoms with Crippen LogP contribution in [0.4, 0.5) is 18.9 Å². The number of alkyl halides is 3. The van der Waals surface area contributed by atoms with Gasteiger partial charge in [-0.2, -0.15) is 13.2 Å². The number of ether oxygens (including phenoxy) is 2. The van der Waals surface area contributed by atoms with Crippen molar-refractivity contribution in [1.29, 1.82) is 0 Å². The van der Waals surface area contributed by atoms with Crippen molar-refractivity contribution in [2.24, 2.45) is 0 Å². The van der Waals surface area contributed by atoms with Gasteiger partial charge in [0.25, 0.3) is 0 Å². The quantitative estimate of drug-likeness (QED) is 0.251. The van der Waals surface area contributed by atoms with Gasteiger partial charge in [-0.25, -0.2) is 0 Å². The van der Waals surface area contributed by atoms with E-state index in [0.29, 0.717) is 28.7 Å². The van der Waals surface area contributed by atoms with E-state index in [1.807, 2.05) is 56.3 Å². The average molecular weight is 508 g/mol. The Morgan fingerprint density at radius 2 is 1.30 bits per heavy atom. The Morgan fingerprint density at radius 1 is 0.703 bits per heavy atom. The molecule has 4 nitrogen and oxygen atoms in total. The fourth-order valence-corrected chi connectivity index (χ4v) is 4.00. The fraction of sp³-hybridized carbons (Fsp3) is 0.200. The third kappa shape index (κ3) is 7.51. The SMILES string of the molecule is Cc1cc(C)cc(Oc2cccc(CN(CC(O)C(F)(F)F)c3cccc(Oc4ccccc4)c3)c2)c1. The molecule has 4 rings (SSSR count). The molecule has 0 aliphatic rings. The van der Waals surface area contributed by atoms with E-state index in [2.05, 4.69) is 0 Å². The summed E-state index contributed by atoms with van der Waals surface area (Å²) in [6, 6.07) is 29.0. The number of halogens is 3. The molecule has 1 unspecified atom stereocenters. The van der Waals surface area contributed by atoms with Crippen LogP contribution in [0.15, 0.2) is 97.1 Å². The maximum atomic E-state index is 13.3. The molecule has 0 aliphatic carbocycles. The first-order chi connectivity index (χ1) is 17.7. The van der Waals surface area contributed by atoms with Crippen LogP contribution in [0.3, 0.4) is 0 Å². The zero-order chi connectivity index (χ0) is 26.4. The third-order valence-electron chi connectivity index (χ3n) is 5.64. The molecular weight excluding hydrogens is 479 g/mol. The number of nitrogens with zero attached hydrogens (tertiary/aromatic N) is 1. The van der Waals surface area contributed by atoms with Crippen molar-refractivity contribution in [2.75, 3.05) is 11.4 Å². The number of benzene rings is 4. The maximum absolute atomic E-state index is 13.3. The molecule has 192 valence electrons. The predicted molar refractivity (Wildman–Crippen MR) is 139 cm³/mol. The highest BCUT2D eigenvalue weighted by Gasteiger charge is 2.39. The standard InChI is InChI=1S/C30H28F3NO3/c1-21-14-22(2)16-28(15-21)37-26-12-6-8-23(17-26)19-34(20-29(35)30(31,32)33)24-9-7-13-27(18-24)36-25-10-4-3-5-11-25/h3-18,29,35H,19-20H2,1-2H3. The van der Waals surface area contributed by atoms with Gasteiger partial charge >= 0.3 is 6.18 Å². The Kier molecular flexibility index (Phi) is 8.04. The van der Waals surface area contributed by atoms with Crippen LogP contribution >= 0.6 is 0 Å². The van der Waals surface area contributed by atoms with Crippen molar-refractivity contribution >= 4 is 5.69 Å². The van der Waals surface area contributed by atoms with Crippen LogP contribution in [0, 0.1) is 13.8 Å². The fourth-order valence-electron chi connectivity index (χ4n) is 4.00. The zero-order valence-corrected chi connectivity index (χ0v) is 20.6. The van der Waals surface area contributed by atoms with E-state index in [1.165, 1.54) is 4.90 Å². The molecule has 0 spiro atoms. The van der Waals surface area contributed by atoms with Crippen LogP contribution in [0.2, 0.25) is 0 Å². The Morgan fingerprint density at radius 3 is 1.97 bits per heavy atom. The molecule has 4 aromatic carbocycles. The minimum Gasteiger partial charge on any atom is -0.457 e. The number of aliphatic hydroxyl groups excluding tert-OH is 1. The first-order valence-corrected chi connectivity index (χ1v) is 11.8. The molecule has 0 radical (unpaired) electrons. The molecule has 1 atom stereocenters. The lowest BCUT2D eigenvalue weighted by molar-refractivity contribution is -0.200. The van der Waals surface area contributed by atoms with E-state index in [4.69, 9.17) is 9.47 Å². The van der Waals surface area contributed by atoms with Gasteiger partial charge in [0.15, 0.2) is 6.10 Å². The molecule has 0 aliphatic heterocycles. The topological polar surface area (TPSA) is 41.9 Å². The van der Waals surface area contributed by atoms with Crippen molar-refractivity contribution in [3.05, 3.63) is 114 Å². The highest BCUT2D eigenvalue weighted by atomic mass is 19.4. The van der Waals surface area contributed by atoms with Crippen molar-refractivity contribution in [3.63, 3.8) is 0 Å². The summed E-state index contributed by atoms with van der Waals surface area (Å²) in [4.78, 5) is 1.48. The van der Waals surface area contributed by atoms with E-state index in [0.717, 1.165) is 16.7 Å². The van der Waals surface area contributed by atoms with E-state index in [9.17, 15) is 18.3 Å². The van der Waals surface area contributed by atoms with Crippen molar-refractivity contribution < 1.29 is 27.8 Å². The lowest BCUT2D eigenvalue weighted by Gasteiger charge is -2.29. The number of anilines is 1. The molecule has 0 heterocycles. The number of hydrogen-bond acceptors (Lipinski definition) is 4. The highest BCUT2D eigenvalue weighted by Crippen LogP contribution is 2.30. The Labute approximate surface area is 214 Å². The second kappa shape index (κ2) is 11.4. The van der Waals surface area contributed by atoms with Gasteiger partial charge in [0.2, 0.25) is 0 Å². The molecule has 7 heteroatoms. The summed E-state index contributed by atoms with van der Waals surface area (Å²) in [5.74, 6) is 2.34. The summed E-state index contributed by atoms with van der Waals surface area (Å²) < 4.78 is 51.7. The first kappa shape index (κ1) is 26.1. The Bertz CT molecular complexity index is 1300. The van der Waals surface area contributed by atoms with Gasteiger partial charge in [-0.05, 0) is 79.1 Å². The molecule has 0 aromatic heterocycles. The smallest absolute Gasteiger partial charge is 0.416 e. The van der Waals surface area contributed by atoms with E-state index in [-0.39, 0.29) is 6.54 Å². The predicted octanol–water partition coefficient (Wildman–Crippen LogP) is 7.82. The largest absolute Gasteiger partial charge is 0.457 e. The summed E-state index contributed by atoms with van der Waals surface area (Å²) in [6.07, 6.45) is -7.26. The van der Waals surface area contributed by atoms with Crippen molar-refractivity contribution in [2.45, 2.75) is 32.7 Å². The number of aliphatic hydroxyl groups is 1. The average Bonchev–Trinajstić information content (AvgIpc) is 2.83. The van der Waals surface area contributed by atoms with E-state index >= 15 is 0 Å². The van der Waals surface area contributed by atoms with Crippen LogP contribution in [0.1, 0.15) is 16.7 Å². The summed E-state index contributed by atoms with van der Waals surface area (Å²) >= 11 is 0. The van der Waals surface area contributed by atoms with Gasteiger partial charge in [-0.15, -0.1) is 0 Å². The minimum absolute atomic E-state index is 0.117. The summed E-state index contributed by atoms with van der Waals surface area (Å²) in [5.41, 5.74) is 3.34. The van der Waals surface area contributed by atoms with Gasteiger partial charge in [0, 0.05) is 18.3 Å². The molecule has 0 amide bonds. The van der Waals surface area contributed by atoms with Crippen molar-refractivity contribution in [1.82, 2.24) is 0 Å². The summed E-state index contributed by atoms with van der Waals surface area (Å²) in [7, 11) is 0. The molecule has 4 aromatic rings. The minimum atomic E-state index is -4.75. The Balaban J connectivity index is 1.59. The maximum Gasteiger partial charge on any atom is 0.416 e. The second-order valence-corrected chi connectivity index (χ2v) is 8.92. The van der Waals surface area contributed by atoms with Crippen LogP contribution < -0.4 is 14.4 Å². The molecule has 0 saturated carbocycles. The zero-order valence-electron chi connectivity index (χ0n) is 20.6. The molecular formula is C30H28F3NO3. The van der Waals surface area contributed by atoms with E-state index in [1.54, 1.807) is 54.6 Å². The molecule has 0 bridgehead atoms. The van der Waals surface area contributed by atoms with Crippen molar-refractivity contribution in [3.8, 4) is 23.0 Å². The van der Waals surface area contributed by atoms with Crippen LogP contribution in [0.5, 0.6) is 23.0 Å². The van der Waals surface area contributed by atoms with Gasteiger partial charge < -0.3 is 19.5 Å². The van der Waals surface area contributed by atoms with Crippen LogP contribution in [-0.2, 0) is 6.54 Å². The van der Waals surface area contributed by atoms with Gasteiger partial charge in [-0.1, -0.05) is 42.5 Å². The highest BCUT2D eigenvalue weighted by molar-refractivity contribution is 5.52. The first-order valence-electron chi connectivity index (χ1n) is 11.8. The van der Waals surface area contributed by atoms with Gasteiger partial charge in [0.1, 0.15) is 23.0 Å². The van der Waals surface area contributed by atoms with Gasteiger partial charge in [0.05, 0.1) is 6.54 Å². The number of hydrogen-bond donors (Lipinski definition) is 1. The van der Waals surface area contributed by atoms with Crippen LogP contribution in [-0.4, -0.2) is 23.9 Å². The monoisotopic (exact) mass is 507 g/mol. The number of para-hydroxylation sites is 1. The Hall–Kier alpha value is -3.97. The van der Waals surface area contributed by atoms with Gasteiger partial charge in [-0.3, -0.25) is 0 Å². The lowest BCUT2D eigenvalue weighted by Crippen LogP contribution is -2.40. The molecule has 1 N–H and O–H groups in total. The number of aryl methyl sites for hydroxylation is 2. The van der Waals surface area contributed by atoms with E-state index < -0.39 is 18.8 Å². The molecule has 37 heavy (non-hydrogen) atoms. The van der Waals surface area contributed by atoms with Crippen LogP contribution in [0.25, 0.3) is 0 Å². The molecule has 0 saturated heterocycles. The second-order valence-electron chi connectivity index (χ2n) is 8.92.